The van der Waals surface area contributed by atoms with Crippen molar-refractivity contribution in [2.75, 3.05) is 46.8 Å². The second-order valence-electron chi connectivity index (χ2n) is 6.47. The van der Waals surface area contributed by atoms with Gasteiger partial charge < -0.3 is 20.0 Å². The third-order valence-corrected chi connectivity index (χ3v) is 3.28. The van der Waals surface area contributed by atoms with Gasteiger partial charge >= 0.3 is 6.03 Å². The van der Waals surface area contributed by atoms with E-state index in [0.29, 0.717) is 39.1 Å². The van der Waals surface area contributed by atoms with E-state index in [-0.39, 0.29) is 17.5 Å². The van der Waals surface area contributed by atoms with Gasteiger partial charge in [0, 0.05) is 58.8 Å². The maximum absolute atomic E-state index is 12.1. The van der Waals surface area contributed by atoms with E-state index >= 15 is 0 Å². The molecule has 1 heterocycles. The first-order chi connectivity index (χ1) is 9.20. The van der Waals surface area contributed by atoms with E-state index in [9.17, 15) is 9.59 Å². The van der Waals surface area contributed by atoms with E-state index in [4.69, 9.17) is 0 Å². The van der Waals surface area contributed by atoms with Gasteiger partial charge in [0.1, 0.15) is 0 Å². The molecule has 0 saturated carbocycles. The molecule has 0 aromatic carbocycles. The maximum Gasteiger partial charge on any atom is 0.319 e. The van der Waals surface area contributed by atoms with E-state index in [1.807, 2.05) is 4.90 Å². The van der Waals surface area contributed by atoms with Crippen LogP contribution in [0.2, 0.25) is 0 Å². The summed E-state index contributed by atoms with van der Waals surface area (Å²) < 4.78 is 0. The van der Waals surface area contributed by atoms with Crippen LogP contribution >= 0.6 is 0 Å². The summed E-state index contributed by atoms with van der Waals surface area (Å²) in [4.78, 5) is 29.1. The van der Waals surface area contributed by atoms with E-state index in [2.05, 4.69) is 26.1 Å². The second kappa shape index (κ2) is 6.92. The minimum absolute atomic E-state index is 0.0199. The van der Waals surface area contributed by atoms with Gasteiger partial charge in [-0.15, -0.1) is 0 Å². The Kier molecular flexibility index (Phi) is 5.80. The fourth-order valence-corrected chi connectivity index (χ4v) is 2.13. The van der Waals surface area contributed by atoms with Crippen LogP contribution in [0, 0.1) is 0 Å². The molecule has 0 aliphatic carbocycles. The van der Waals surface area contributed by atoms with E-state index in [1.54, 1.807) is 23.9 Å². The molecule has 1 aliphatic rings. The number of hydrogen-bond donors (Lipinski definition) is 1. The van der Waals surface area contributed by atoms with Crippen LogP contribution in [0.3, 0.4) is 0 Å². The van der Waals surface area contributed by atoms with E-state index in [1.165, 1.54) is 0 Å². The van der Waals surface area contributed by atoms with Crippen molar-refractivity contribution in [3.63, 3.8) is 0 Å². The van der Waals surface area contributed by atoms with Gasteiger partial charge in [-0.2, -0.15) is 0 Å². The van der Waals surface area contributed by atoms with Gasteiger partial charge in [0.15, 0.2) is 0 Å². The number of nitrogens with one attached hydrogen (secondary N) is 1. The quantitative estimate of drug-likeness (QED) is 0.825. The van der Waals surface area contributed by atoms with Gasteiger partial charge in [-0.25, -0.2) is 4.79 Å². The van der Waals surface area contributed by atoms with Gasteiger partial charge in [-0.05, 0) is 20.8 Å². The molecule has 3 amide bonds. The summed E-state index contributed by atoms with van der Waals surface area (Å²) in [5.74, 6) is 0.165. The topological polar surface area (TPSA) is 55.9 Å². The Balaban J connectivity index is 2.31. The van der Waals surface area contributed by atoms with Crippen LogP contribution in [0.1, 0.15) is 27.2 Å². The lowest BCUT2D eigenvalue weighted by molar-refractivity contribution is -0.132. The molecule has 116 valence electrons. The highest BCUT2D eigenvalue weighted by Gasteiger charge is 2.24. The Morgan fingerprint density at radius 1 is 1.05 bits per heavy atom. The Morgan fingerprint density at radius 3 is 2.00 bits per heavy atom. The standard InChI is InChI=1S/C14H28N4O2/c1-14(2,3)15-7-6-12(19)17-8-10-18(11-9-17)13(20)16(4)5/h15H,6-11H2,1-5H3. The molecule has 1 N–H and O–H groups in total. The summed E-state index contributed by atoms with van der Waals surface area (Å²) in [7, 11) is 3.50. The predicted octanol–water partition coefficient (Wildman–Crippen LogP) is 0.590. The fraction of sp³-hybridized carbons (Fsp3) is 0.857. The molecule has 0 aromatic rings. The van der Waals surface area contributed by atoms with Crippen LogP contribution in [0.15, 0.2) is 0 Å². The van der Waals surface area contributed by atoms with Crippen molar-refractivity contribution in [1.29, 1.82) is 0 Å². The van der Waals surface area contributed by atoms with Gasteiger partial charge in [-0.1, -0.05) is 0 Å². The van der Waals surface area contributed by atoms with Gasteiger partial charge in [0.2, 0.25) is 5.91 Å². The number of rotatable bonds is 3. The van der Waals surface area contributed by atoms with Crippen molar-refractivity contribution in [2.45, 2.75) is 32.7 Å². The molecule has 6 nitrogen and oxygen atoms in total. The van der Waals surface area contributed by atoms with Crippen LogP contribution in [0.4, 0.5) is 4.79 Å². The summed E-state index contributed by atoms with van der Waals surface area (Å²) in [5, 5.41) is 3.32. The van der Waals surface area contributed by atoms with Crippen molar-refractivity contribution in [3.8, 4) is 0 Å². The molecule has 0 unspecified atom stereocenters. The molecule has 20 heavy (non-hydrogen) atoms. The molecule has 1 rings (SSSR count). The first-order valence-electron chi connectivity index (χ1n) is 7.20. The number of nitrogens with zero attached hydrogens (tertiary/aromatic N) is 3. The number of urea groups is 1. The van der Waals surface area contributed by atoms with Gasteiger partial charge in [0.05, 0.1) is 0 Å². The minimum atomic E-state index is 0.0199. The lowest BCUT2D eigenvalue weighted by Crippen LogP contribution is -2.53. The average Bonchev–Trinajstić information content (AvgIpc) is 2.36. The number of carbonyl (C=O) groups excluding carboxylic acids is 2. The third kappa shape index (κ3) is 5.36. The minimum Gasteiger partial charge on any atom is -0.339 e. The summed E-state index contributed by atoms with van der Waals surface area (Å²) >= 11 is 0. The Labute approximate surface area is 122 Å². The van der Waals surface area contributed by atoms with Gasteiger partial charge in [0.25, 0.3) is 0 Å². The normalized spacial score (nSPS) is 16.2. The number of piperazine rings is 1. The molecule has 6 heteroatoms. The second-order valence-corrected chi connectivity index (χ2v) is 6.47. The largest absolute Gasteiger partial charge is 0.339 e. The summed E-state index contributed by atoms with van der Waals surface area (Å²) in [6, 6.07) is 0.0199. The molecule has 1 saturated heterocycles. The van der Waals surface area contributed by atoms with Crippen LogP contribution in [0.25, 0.3) is 0 Å². The van der Waals surface area contributed by atoms with Crippen LogP contribution in [-0.4, -0.2) is 79.0 Å². The zero-order valence-corrected chi connectivity index (χ0v) is 13.4. The maximum atomic E-state index is 12.1. The molecule has 1 aliphatic heterocycles. The highest BCUT2D eigenvalue weighted by Crippen LogP contribution is 2.06. The van der Waals surface area contributed by atoms with Crippen LogP contribution < -0.4 is 5.32 Å². The molecule has 0 bridgehead atoms. The molecule has 1 fully saturated rings. The van der Waals surface area contributed by atoms with Crippen molar-refractivity contribution >= 4 is 11.9 Å². The smallest absolute Gasteiger partial charge is 0.319 e. The van der Waals surface area contributed by atoms with Crippen LogP contribution in [-0.2, 0) is 4.79 Å². The Morgan fingerprint density at radius 2 is 1.55 bits per heavy atom. The lowest BCUT2D eigenvalue weighted by atomic mass is 10.1. The predicted molar refractivity (Wildman–Crippen MR) is 79.6 cm³/mol. The van der Waals surface area contributed by atoms with Crippen molar-refractivity contribution in [3.05, 3.63) is 0 Å². The lowest BCUT2D eigenvalue weighted by Gasteiger charge is -2.36. The average molecular weight is 284 g/mol. The highest BCUT2D eigenvalue weighted by atomic mass is 16.2. The monoisotopic (exact) mass is 284 g/mol. The SMILES string of the molecule is CN(C)C(=O)N1CCN(C(=O)CCNC(C)(C)C)CC1. The summed E-state index contributed by atoms with van der Waals surface area (Å²) in [6.07, 6.45) is 0.513. The van der Waals surface area contributed by atoms with E-state index < -0.39 is 0 Å². The zero-order valence-electron chi connectivity index (χ0n) is 13.4. The summed E-state index contributed by atoms with van der Waals surface area (Å²) in [5.41, 5.74) is 0.0388. The molecule has 0 radical (unpaired) electrons. The molecule has 0 aromatic heterocycles. The number of carbonyl (C=O) groups is 2. The number of hydrogen-bond acceptors (Lipinski definition) is 3. The molecule has 0 atom stereocenters. The summed E-state index contributed by atoms with van der Waals surface area (Å²) in [6.45, 7) is 9.46. The highest BCUT2D eigenvalue weighted by molar-refractivity contribution is 5.77. The van der Waals surface area contributed by atoms with E-state index in [0.717, 1.165) is 0 Å². The van der Waals surface area contributed by atoms with Crippen LogP contribution in [0.5, 0.6) is 0 Å². The van der Waals surface area contributed by atoms with Gasteiger partial charge in [-0.3, -0.25) is 4.79 Å². The zero-order chi connectivity index (χ0) is 15.3. The number of amides is 3. The fourth-order valence-electron chi connectivity index (χ4n) is 2.13. The molecular weight excluding hydrogens is 256 g/mol. The first-order valence-corrected chi connectivity index (χ1v) is 7.20. The molecular formula is C14H28N4O2. The molecule has 0 spiro atoms. The Hall–Kier alpha value is -1.30. The van der Waals surface area contributed by atoms with Crippen molar-refractivity contribution in [2.24, 2.45) is 0 Å². The van der Waals surface area contributed by atoms with Crippen molar-refractivity contribution in [1.82, 2.24) is 20.0 Å². The Bertz CT molecular complexity index is 342. The third-order valence-electron chi connectivity index (χ3n) is 3.28. The first kappa shape index (κ1) is 16.8. The van der Waals surface area contributed by atoms with Crippen molar-refractivity contribution < 1.29 is 9.59 Å².